The topological polar surface area (TPSA) is 118 Å². The molecule has 0 aliphatic rings. The first-order valence-electron chi connectivity index (χ1n) is 9.01. The van der Waals surface area contributed by atoms with E-state index in [1.165, 1.54) is 25.5 Å². The summed E-state index contributed by atoms with van der Waals surface area (Å²) < 4.78 is 23.9. The Kier molecular flexibility index (Phi) is 8.77. The van der Waals surface area contributed by atoms with Crippen molar-refractivity contribution in [2.75, 3.05) is 25.6 Å². The number of halogens is 2. The molecule has 0 radical (unpaired) electrons. The molecule has 2 aromatic rings. The van der Waals surface area contributed by atoms with E-state index in [1.54, 1.807) is 25.1 Å². The normalized spacial score (nSPS) is 10.5. The quantitative estimate of drug-likeness (QED) is 0.323. The number of hydrogen-bond acceptors (Lipinski definition) is 6. The van der Waals surface area contributed by atoms with Crippen LogP contribution in [0.1, 0.15) is 12.5 Å². The minimum atomic E-state index is -0.890. The van der Waals surface area contributed by atoms with E-state index in [1.807, 2.05) is 0 Å². The molecule has 11 heteroatoms. The summed E-state index contributed by atoms with van der Waals surface area (Å²) in [5.74, 6) is -2.15. The molecule has 2 rings (SSSR count). The van der Waals surface area contributed by atoms with Crippen molar-refractivity contribution in [3.05, 3.63) is 52.8 Å². The molecule has 0 atom stereocenters. The number of hydrazone groups is 1. The Balaban J connectivity index is 1.94. The number of carbonyl (C=O) groups excluding carboxylic acids is 3. The van der Waals surface area contributed by atoms with Crippen molar-refractivity contribution in [1.29, 1.82) is 0 Å². The van der Waals surface area contributed by atoms with Crippen molar-refractivity contribution < 1.29 is 28.2 Å². The number of ether oxygens (including phenoxy) is 2. The summed E-state index contributed by atoms with van der Waals surface area (Å²) in [7, 11) is 1.42. The summed E-state index contributed by atoms with van der Waals surface area (Å²) >= 11 is 5.68. The maximum atomic E-state index is 13.2. The zero-order valence-corrected chi connectivity index (χ0v) is 17.5. The minimum Gasteiger partial charge on any atom is -0.493 e. The van der Waals surface area contributed by atoms with E-state index in [9.17, 15) is 18.8 Å². The number of benzene rings is 2. The van der Waals surface area contributed by atoms with Crippen LogP contribution in [0, 0.1) is 5.82 Å². The maximum absolute atomic E-state index is 13.2. The van der Waals surface area contributed by atoms with E-state index < -0.39 is 23.5 Å². The van der Waals surface area contributed by atoms with Gasteiger partial charge in [-0.05, 0) is 48.9 Å². The molecule has 2 aromatic carbocycles. The summed E-state index contributed by atoms with van der Waals surface area (Å²) in [5, 5.41) is 8.47. The van der Waals surface area contributed by atoms with Crippen LogP contribution in [-0.2, 0) is 14.4 Å². The molecule has 0 saturated heterocycles. The smallest absolute Gasteiger partial charge is 0.329 e. The fraction of sp³-hybridized carbons (Fsp3) is 0.200. The second-order valence-corrected chi connectivity index (χ2v) is 6.34. The van der Waals surface area contributed by atoms with Crippen LogP contribution in [-0.4, -0.2) is 44.2 Å². The molecule has 0 aliphatic heterocycles. The fourth-order valence-electron chi connectivity index (χ4n) is 2.26. The zero-order valence-electron chi connectivity index (χ0n) is 16.7. The van der Waals surface area contributed by atoms with Crippen LogP contribution in [0.4, 0.5) is 10.1 Å². The fourth-order valence-corrected chi connectivity index (χ4v) is 2.44. The molecule has 0 spiro atoms. The SMILES string of the molecule is CCNC(=O)C(=O)N/N=C\c1ccc(OCC(=O)Nc2ccc(F)c(Cl)c2)c(OC)c1. The lowest BCUT2D eigenvalue weighted by molar-refractivity contribution is -0.139. The first-order valence-corrected chi connectivity index (χ1v) is 9.38. The molecule has 3 amide bonds. The van der Waals surface area contributed by atoms with E-state index in [0.29, 0.717) is 29.3 Å². The first kappa shape index (κ1) is 23.6. The van der Waals surface area contributed by atoms with Crippen molar-refractivity contribution in [2.24, 2.45) is 5.10 Å². The number of likely N-dealkylation sites (N-methyl/N-ethyl adjacent to an activating group) is 1. The van der Waals surface area contributed by atoms with Gasteiger partial charge in [0, 0.05) is 12.2 Å². The molecule has 0 aliphatic carbocycles. The third-order valence-electron chi connectivity index (χ3n) is 3.67. The van der Waals surface area contributed by atoms with Gasteiger partial charge in [0.2, 0.25) is 0 Å². The predicted molar refractivity (Wildman–Crippen MR) is 113 cm³/mol. The number of rotatable bonds is 8. The number of amides is 3. The average Bonchev–Trinajstić information content (AvgIpc) is 2.75. The van der Waals surface area contributed by atoms with E-state index in [2.05, 4.69) is 21.2 Å². The Morgan fingerprint density at radius 2 is 1.90 bits per heavy atom. The van der Waals surface area contributed by atoms with Crippen molar-refractivity contribution in [2.45, 2.75) is 6.92 Å². The third kappa shape index (κ3) is 7.27. The van der Waals surface area contributed by atoms with E-state index in [-0.39, 0.29) is 11.6 Å². The van der Waals surface area contributed by atoms with Gasteiger partial charge in [-0.15, -0.1) is 0 Å². The predicted octanol–water partition coefficient (Wildman–Crippen LogP) is 2.09. The Morgan fingerprint density at radius 1 is 1.13 bits per heavy atom. The molecule has 0 bridgehead atoms. The number of nitrogens with zero attached hydrogens (tertiary/aromatic N) is 1. The maximum Gasteiger partial charge on any atom is 0.329 e. The van der Waals surface area contributed by atoms with Gasteiger partial charge in [-0.1, -0.05) is 11.6 Å². The van der Waals surface area contributed by atoms with Crippen molar-refractivity contribution >= 4 is 41.2 Å². The molecule has 0 fully saturated rings. The van der Waals surface area contributed by atoms with Gasteiger partial charge in [0.1, 0.15) is 5.82 Å². The van der Waals surface area contributed by atoms with Gasteiger partial charge in [-0.3, -0.25) is 14.4 Å². The first-order chi connectivity index (χ1) is 14.8. The Labute approximate surface area is 182 Å². The molecule has 9 nitrogen and oxygen atoms in total. The minimum absolute atomic E-state index is 0.111. The van der Waals surface area contributed by atoms with Crippen LogP contribution >= 0.6 is 11.6 Å². The Hall–Kier alpha value is -3.66. The summed E-state index contributed by atoms with van der Waals surface area (Å²) in [6.45, 7) is 1.68. The molecule has 3 N–H and O–H groups in total. The van der Waals surface area contributed by atoms with Gasteiger partial charge in [-0.2, -0.15) is 5.10 Å². The summed E-state index contributed by atoms with van der Waals surface area (Å²) in [5.41, 5.74) is 2.97. The van der Waals surface area contributed by atoms with Gasteiger partial charge in [-0.25, -0.2) is 9.82 Å². The van der Waals surface area contributed by atoms with Crippen LogP contribution in [0.15, 0.2) is 41.5 Å². The molecule has 0 heterocycles. The second-order valence-electron chi connectivity index (χ2n) is 5.93. The molecule has 0 unspecified atom stereocenters. The molecule has 164 valence electrons. The average molecular weight is 451 g/mol. The van der Waals surface area contributed by atoms with E-state index in [0.717, 1.165) is 6.07 Å². The highest BCUT2D eigenvalue weighted by molar-refractivity contribution is 6.35. The lowest BCUT2D eigenvalue weighted by Gasteiger charge is -2.11. The molecule has 0 saturated carbocycles. The van der Waals surface area contributed by atoms with E-state index >= 15 is 0 Å². The van der Waals surface area contributed by atoms with E-state index in [4.69, 9.17) is 21.1 Å². The van der Waals surface area contributed by atoms with Crippen LogP contribution in [0.25, 0.3) is 0 Å². The third-order valence-corrected chi connectivity index (χ3v) is 3.96. The molecular formula is C20H20ClFN4O5. The van der Waals surface area contributed by atoms with Crippen molar-refractivity contribution in [3.8, 4) is 11.5 Å². The van der Waals surface area contributed by atoms with Gasteiger partial charge < -0.3 is 20.1 Å². The lowest BCUT2D eigenvalue weighted by atomic mass is 10.2. The van der Waals surface area contributed by atoms with Crippen molar-refractivity contribution in [3.63, 3.8) is 0 Å². The number of hydrogen-bond donors (Lipinski definition) is 3. The summed E-state index contributed by atoms with van der Waals surface area (Å²) in [4.78, 5) is 34.8. The Morgan fingerprint density at radius 3 is 2.58 bits per heavy atom. The lowest BCUT2D eigenvalue weighted by Crippen LogP contribution is -2.37. The molecular weight excluding hydrogens is 431 g/mol. The highest BCUT2D eigenvalue weighted by Gasteiger charge is 2.11. The van der Waals surface area contributed by atoms with Crippen molar-refractivity contribution in [1.82, 2.24) is 10.7 Å². The van der Waals surface area contributed by atoms with Crippen LogP contribution in [0.3, 0.4) is 0 Å². The number of nitrogens with one attached hydrogen (secondary N) is 3. The monoisotopic (exact) mass is 450 g/mol. The number of anilines is 1. The zero-order chi connectivity index (χ0) is 22.8. The summed E-state index contributed by atoms with van der Waals surface area (Å²) in [6.07, 6.45) is 1.31. The molecule has 31 heavy (non-hydrogen) atoms. The van der Waals surface area contributed by atoms with Gasteiger partial charge >= 0.3 is 11.8 Å². The molecule has 0 aromatic heterocycles. The largest absolute Gasteiger partial charge is 0.493 e. The highest BCUT2D eigenvalue weighted by Crippen LogP contribution is 2.27. The van der Waals surface area contributed by atoms with Gasteiger partial charge in [0.15, 0.2) is 18.1 Å². The number of carbonyl (C=O) groups is 3. The summed E-state index contributed by atoms with van der Waals surface area (Å²) in [6, 6.07) is 8.52. The van der Waals surface area contributed by atoms with Gasteiger partial charge in [0.05, 0.1) is 18.3 Å². The van der Waals surface area contributed by atoms with Crippen LogP contribution in [0.5, 0.6) is 11.5 Å². The highest BCUT2D eigenvalue weighted by atomic mass is 35.5. The Bertz CT molecular complexity index is 1000. The standard InChI is InChI=1S/C20H20ClFN4O5/c1-3-23-19(28)20(29)26-24-10-12-4-7-16(17(8-12)30-2)31-11-18(27)25-13-5-6-15(22)14(21)9-13/h4-10H,3,11H2,1-2H3,(H,23,28)(H,25,27)(H,26,29)/b24-10-. The van der Waals surface area contributed by atoms with Crippen LogP contribution < -0.4 is 25.5 Å². The van der Waals surface area contributed by atoms with Gasteiger partial charge in [0.25, 0.3) is 5.91 Å². The number of methoxy groups -OCH3 is 1. The second kappa shape index (κ2) is 11.5. The van der Waals surface area contributed by atoms with Crippen LogP contribution in [0.2, 0.25) is 5.02 Å².